The van der Waals surface area contributed by atoms with Crippen LogP contribution in [0, 0.1) is 5.41 Å². The molecule has 120 valence electrons. The molecule has 0 aliphatic carbocycles. The molecule has 2 saturated heterocycles. The first-order valence-electron chi connectivity index (χ1n) is 7.96. The van der Waals surface area contributed by atoms with E-state index in [1.807, 2.05) is 49.1 Å². The standard InChI is InChI=1S/C18H25NO3/c1-13(20)18(12-14-8-6-5-7-9-14)15(21)19-16(2,3)22-11-10-17(18,19)4/h5-9,13,20H,10-12H2,1-4H3. The van der Waals surface area contributed by atoms with Gasteiger partial charge in [-0.2, -0.15) is 0 Å². The first-order chi connectivity index (χ1) is 10.3. The highest BCUT2D eigenvalue weighted by Crippen LogP contribution is 2.59. The summed E-state index contributed by atoms with van der Waals surface area (Å²) in [4.78, 5) is 14.9. The van der Waals surface area contributed by atoms with Crippen molar-refractivity contribution in [3.8, 4) is 0 Å². The van der Waals surface area contributed by atoms with E-state index in [2.05, 4.69) is 6.92 Å². The van der Waals surface area contributed by atoms with Gasteiger partial charge in [0.05, 0.1) is 18.2 Å². The van der Waals surface area contributed by atoms with Gasteiger partial charge in [-0.15, -0.1) is 0 Å². The summed E-state index contributed by atoms with van der Waals surface area (Å²) in [7, 11) is 0. The number of carbonyl (C=O) groups excluding carboxylic acids is 1. The van der Waals surface area contributed by atoms with E-state index in [4.69, 9.17) is 4.74 Å². The first kappa shape index (κ1) is 15.5. The maximum absolute atomic E-state index is 13.1. The molecule has 3 rings (SSSR count). The highest BCUT2D eigenvalue weighted by molar-refractivity contribution is 5.93. The summed E-state index contributed by atoms with van der Waals surface area (Å²) < 4.78 is 5.78. The lowest BCUT2D eigenvalue weighted by Crippen LogP contribution is -2.86. The lowest BCUT2D eigenvalue weighted by Gasteiger charge is -2.71. The Kier molecular flexibility index (Phi) is 3.38. The van der Waals surface area contributed by atoms with Crippen molar-refractivity contribution in [2.24, 2.45) is 5.41 Å². The van der Waals surface area contributed by atoms with Gasteiger partial charge in [-0.25, -0.2) is 0 Å². The van der Waals surface area contributed by atoms with Gasteiger partial charge in [-0.3, -0.25) is 4.79 Å². The number of β-lactam (4-membered cyclic amide) rings is 1. The molecule has 22 heavy (non-hydrogen) atoms. The monoisotopic (exact) mass is 303 g/mol. The van der Waals surface area contributed by atoms with Crippen LogP contribution in [0.1, 0.15) is 39.7 Å². The Balaban J connectivity index is 2.03. The van der Waals surface area contributed by atoms with Crippen LogP contribution in [0.15, 0.2) is 30.3 Å². The molecule has 3 unspecified atom stereocenters. The third kappa shape index (κ3) is 1.80. The van der Waals surface area contributed by atoms with E-state index in [0.29, 0.717) is 13.0 Å². The highest BCUT2D eigenvalue weighted by atomic mass is 16.5. The van der Waals surface area contributed by atoms with Crippen LogP contribution >= 0.6 is 0 Å². The number of aliphatic hydroxyl groups is 1. The van der Waals surface area contributed by atoms with E-state index in [0.717, 1.165) is 12.0 Å². The summed E-state index contributed by atoms with van der Waals surface area (Å²) in [6.45, 7) is 8.30. The van der Waals surface area contributed by atoms with Crippen LogP contribution in [0.4, 0.5) is 0 Å². The maximum atomic E-state index is 13.1. The van der Waals surface area contributed by atoms with Gasteiger partial charge in [-0.1, -0.05) is 30.3 Å². The number of hydrogen-bond donors (Lipinski definition) is 1. The molecular weight excluding hydrogens is 278 g/mol. The second-order valence-electron chi connectivity index (χ2n) is 7.27. The number of aliphatic hydroxyl groups excluding tert-OH is 1. The molecule has 4 nitrogen and oxygen atoms in total. The molecule has 1 amide bonds. The Labute approximate surface area is 132 Å². The Morgan fingerprint density at radius 2 is 1.91 bits per heavy atom. The Morgan fingerprint density at radius 1 is 1.27 bits per heavy atom. The average Bonchev–Trinajstić information content (AvgIpc) is 2.44. The first-order valence-corrected chi connectivity index (χ1v) is 7.96. The SMILES string of the molecule is CC(O)C1(Cc2ccccc2)C(=O)N2C(C)(C)OCCC21C. The van der Waals surface area contributed by atoms with Crippen molar-refractivity contribution >= 4 is 5.91 Å². The van der Waals surface area contributed by atoms with Crippen molar-refractivity contribution < 1.29 is 14.6 Å². The summed E-state index contributed by atoms with van der Waals surface area (Å²) in [6, 6.07) is 9.96. The summed E-state index contributed by atoms with van der Waals surface area (Å²) in [5, 5.41) is 10.5. The quantitative estimate of drug-likeness (QED) is 0.872. The number of benzene rings is 1. The molecule has 3 atom stereocenters. The number of fused-ring (bicyclic) bond motifs is 1. The number of hydrogen-bond acceptors (Lipinski definition) is 3. The molecule has 4 heteroatoms. The second kappa shape index (κ2) is 4.80. The van der Waals surface area contributed by atoms with Crippen molar-refractivity contribution in [1.82, 2.24) is 4.90 Å². The van der Waals surface area contributed by atoms with Crippen LogP contribution < -0.4 is 0 Å². The Hall–Kier alpha value is -1.39. The fraction of sp³-hybridized carbons (Fsp3) is 0.611. The zero-order chi connectivity index (χ0) is 16.2. The predicted octanol–water partition coefficient (Wildman–Crippen LogP) is 2.35. The molecule has 2 aliphatic rings. The van der Waals surface area contributed by atoms with Crippen molar-refractivity contribution in [1.29, 1.82) is 0 Å². The maximum Gasteiger partial charge on any atom is 0.236 e. The average molecular weight is 303 g/mol. The van der Waals surface area contributed by atoms with Crippen LogP contribution in [0.2, 0.25) is 0 Å². The normalized spacial score (nSPS) is 34.8. The van der Waals surface area contributed by atoms with Crippen molar-refractivity contribution in [3.05, 3.63) is 35.9 Å². The fourth-order valence-electron chi connectivity index (χ4n) is 4.50. The molecule has 2 fully saturated rings. The third-order valence-electron chi connectivity index (χ3n) is 5.66. The van der Waals surface area contributed by atoms with Crippen molar-refractivity contribution in [2.75, 3.05) is 6.61 Å². The van der Waals surface area contributed by atoms with Crippen LogP contribution in [-0.2, 0) is 16.0 Å². The van der Waals surface area contributed by atoms with Gasteiger partial charge in [0.1, 0.15) is 11.1 Å². The molecule has 1 N–H and O–H groups in total. The molecule has 2 aliphatic heterocycles. The van der Waals surface area contributed by atoms with Gasteiger partial charge in [0.2, 0.25) is 5.91 Å². The number of ether oxygens (including phenoxy) is 1. The van der Waals surface area contributed by atoms with Gasteiger partial charge in [-0.05, 0) is 46.1 Å². The highest BCUT2D eigenvalue weighted by Gasteiger charge is 2.74. The van der Waals surface area contributed by atoms with E-state index >= 15 is 0 Å². The minimum atomic E-state index is -0.768. The summed E-state index contributed by atoms with van der Waals surface area (Å²) in [6.07, 6.45) is 0.614. The molecule has 0 bridgehead atoms. The zero-order valence-corrected chi connectivity index (χ0v) is 13.8. The molecule has 0 aromatic heterocycles. The van der Waals surface area contributed by atoms with Crippen LogP contribution in [0.3, 0.4) is 0 Å². The van der Waals surface area contributed by atoms with Gasteiger partial charge in [0.15, 0.2) is 0 Å². The second-order valence-corrected chi connectivity index (χ2v) is 7.27. The third-order valence-corrected chi connectivity index (χ3v) is 5.66. The van der Waals surface area contributed by atoms with Gasteiger partial charge < -0.3 is 14.7 Å². The van der Waals surface area contributed by atoms with Crippen molar-refractivity contribution in [2.45, 2.75) is 57.9 Å². The van der Waals surface area contributed by atoms with Crippen molar-refractivity contribution in [3.63, 3.8) is 0 Å². The molecule has 2 heterocycles. The van der Waals surface area contributed by atoms with Crippen LogP contribution in [0.25, 0.3) is 0 Å². The van der Waals surface area contributed by atoms with Gasteiger partial charge in [0.25, 0.3) is 0 Å². The fourth-order valence-corrected chi connectivity index (χ4v) is 4.50. The van der Waals surface area contributed by atoms with E-state index in [-0.39, 0.29) is 11.4 Å². The van der Waals surface area contributed by atoms with Gasteiger partial charge >= 0.3 is 0 Å². The zero-order valence-electron chi connectivity index (χ0n) is 13.8. The molecule has 0 radical (unpaired) electrons. The molecule has 0 spiro atoms. The molecular formula is C18H25NO3. The molecule has 1 aromatic rings. The minimum Gasteiger partial charge on any atom is -0.392 e. The predicted molar refractivity (Wildman–Crippen MR) is 84.2 cm³/mol. The Bertz CT molecular complexity index is 583. The largest absolute Gasteiger partial charge is 0.392 e. The number of nitrogens with zero attached hydrogens (tertiary/aromatic N) is 1. The lowest BCUT2D eigenvalue weighted by molar-refractivity contribution is -0.295. The molecule has 1 aromatic carbocycles. The van der Waals surface area contributed by atoms with Crippen LogP contribution in [0.5, 0.6) is 0 Å². The Morgan fingerprint density at radius 3 is 2.50 bits per heavy atom. The smallest absolute Gasteiger partial charge is 0.236 e. The number of carbonyl (C=O) groups is 1. The van der Waals surface area contributed by atoms with E-state index in [9.17, 15) is 9.90 Å². The van der Waals surface area contributed by atoms with E-state index in [1.165, 1.54) is 0 Å². The van der Waals surface area contributed by atoms with E-state index < -0.39 is 17.2 Å². The summed E-state index contributed by atoms with van der Waals surface area (Å²) in [5.74, 6) is -0.00134. The summed E-state index contributed by atoms with van der Waals surface area (Å²) in [5.41, 5.74) is -0.674. The minimum absolute atomic E-state index is 0.00134. The number of rotatable bonds is 3. The topological polar surface area (TPSA) is 49.8 Å². The van der Waals surface area contributed by atoms with Crippen LogP contribution in [-0.4, -0.2) is 39.9 Å². The van der Waals surface area contributed by atoms with Gasteiger partial charge in [0, 0.05) is 0 Å². The van der Waals surface area contributed by atoms with E-state index in [1.54, 1.807) is 6.92 Å². The summed E-state index contributed by atoms with van der Waals surface area (Å²) >= 11 is 0. The number of amides is 1. The molecule has 0 saturated carbocycles. The lowest BCUT2D eigenvalue weighted by atomic mass is 9.53.